The summed E-state index contributed by atoms with van der Waals surface area (Å²) in [5.74, 6) is -0.893. The molecule has 3 rings (SSSR count). The first-order chi connectivity index (χ1) is 13.1. The van der Waals surface area contributed by atoms with E-state index in [0.717, 1.165) is 12.1 Å². The number of alkyl halides is 3. The monoisotopic (exact) mass is 400 g/mol. The maximum absolute atomic E-state index is 13.1. The summed E-state index contributed by atoms with van der Waals surface area (Å²) in [5, 5.41) is 9.67. The Morgan fingerprint density at radius 1 is 1.18 bits per heavy atom. The third kappa shape index (κ3) is 4.76. The van der Waals surface area contributed by atoms with Crippen LogP contribution >= 0.6 is 0 Å². The van der Waals surface area contributed by atoms with Gasteiger partial charge in [0.1, 0.15) is 6.10 Å². The van der Waals surface area contributed by atoms with Gasteiger partial charge in [-0.2, -0.15) is 13.2 Å². The quantitative estimate of drug-likeness (QED) is 0.775. The molecule has 154 valence electrons. The van der Waals surface area contributed by atoms with Crippen molar-refractivity contribution in [2.24, 2.45) is 0 Å². The van der Waals surface area contributed by atoms with Gasteiger partial charge >= 0.3 is 18.2 Å². The van der Waals surface area contributed by atoms with Crippen LogP contribution in [-0.2, 0) is 15.7 Å². The highest BCUT2D eigenvalue weighted by Crippen LogP contribution is 2.34. The van der Waals surface area contributed by atoms with Crippen molar-refractivity contribution in [2.45, 2.75) is 44.1 Å². The van der Waals surface area contributed by atoms with Gasteiger partial charge in [-0.1, -0.05) is 18.2 Å². The molecule has 2 amide bonds. The smallest absolute Gasteiger partial charge is 0.416 e. The molecule has 28 heavy (non-hydrogen) atoms. The van der Waals surface area contributed by atoms with Gasteiger partial charge in [-0.25, -0.2) is 4.79 Å². The second kappa shape index (κ2) is 7.98. The second-order valence-electron chi connectivity index (χ2n) is 7.36. The summed E-state index contributed by atoms with van der Waals surface area (Å²) in [6.45, 7) is 2.31. The molecule has 0 radical (unpaired) electrons. The molecule has 6 nitrogen and oxygen atoms in total. The predicted octanol–water partition coefficient (Wildman–Crippen LogP) is 2.61. The van der Waals surface area contributed by atoms with Gasteiger partial charge in [-0.15, -0.1) is 0 Å². The Morgan fingerprint density at radius 3 is 2.54 bits per heavy atom. The van der Waals surface area contributed by atoms with E-state index in [2.05, 4.69) is 0 Å². The van der Waals surface area contributed by atoms with Crippen molar-refractivity contribution < 1.29 is 32.6 Å². The van der Waals surface area contributed by atoms with Crippen LogP contribution in [0.1, 0.15) is 36.8 Å². The number of aliphatic hydroxyl groups excluding tert-OH is 1. The third-order valence-electron chi connectivity index (χ3n) is 5.13. The van der Waals surface area contributed by atoms with E-state index >= 15 is 0 Å². The molecule has 0 saturated carbocycles. The molecule has 0 aliphatic carbocycles. The van der Waals surface area contributed by atoms with Gasteiger partial charge in [0.2, 0.25) is 0 Å². The largest absolute Gasteiger partial charge is 0.461 e. The zero-order chi connectivity index (χ0) is 20.5. The van der Waals surface area contributed by atoms with Crippen LogP contribution in [0.5, 0.6) is 0 Å². The Hall–Kier alpha value is -2.29. The SMILES string of the molecule is CC(=O)OC1CC(c2cccc(C(F)(F)F)c2)CN(C(=O)N2CCC(O)C2)C1. The molecule has 3 unspecified atom stereocenters. The first-order valence-corrected chi connectivity index (χ1v) is 9.19. The highest BCUT2D eigenvalue weighted by molar-refractivity contribution is 5.75. The Morgan fingerprint density at radius 2 is 1.93 bits per heavy atom. The number of aliphatic hydroxyl groups is 1. The minimum atomic E-state index is -4.46. The predicted molar refractivity (Wildman–Crippen MR) is 93.5 cm³/mol. The fourth-order valence-corrected chi connectivity index (χ4v) is 3.86. The lowest BCUT2D eigenvalue weighted by Crippen LogP contribution is -2.51. The van der Waals surface area contributed by atoms with E-state index < -0.39 is 35.8 Å². The number of piperidine rings is 1. The molecule has 2 heterocycles. The molecule has 1 aromatic rings. The van der Waals surface area contributed by atoms with Crippen LogP contribution in [0.3, 0.4) is 0 Å². The molecule has 2 aliphatic heterocycles. The lowest BCUT2D eigenvalue weighted by atomic mass is 9.88. The van der Waals surface area contributed by atoms with Crippen LogP contribution in [0.2, 0.25) is 0 Å². The van der Waals surface area contributed by atoms with Crippen LogP contribution in [0.15, 0.2) is 24.3 Å². The van der Waals surface area contributed by atoms with Gasteiger partial charge in [0.15, 0.2) is 0 Å². The molecule has 0 spiro atoms. The number of amides is 2. The topological polar surface area (TPSA) is 70.1 Å². The molecule has 2 saturated heterocycles. The van der Waals surface area contributed by atoms with Crippen LogP contribution in [0.4, 0.5) is 18.0 Å². The van der Waals surface area contributed by atoms with E-state index in [1.54, 1.807) is 6.07 Å². The van der Waals surface area contributed by atoms with Crippen molar-refractivity contribution in [3.63, 3.8) is 0 Å². The molecule has 0 aromatic heterocycles. The number of esters is 1. The van der Waals surface area contributed by atoms with Crippen molar-refractivity contribution in [2.75, 3.05) is 26.2 Å². The summed E-state index contributed by atoms with van der Waals surface area (Å²) in [4.78, 5) is 27.2. The van der Waals surface area contributed by atoms with Crippen molar-refractivity contribution in [1.29, 1.82) is 0 Å². The minimum absolute atomic E-state index is 0.181. The highest BCUT2D eigenvalue weighted by atomic mass is 19.4. The van der Waals surface area contributed by atoms with Crippen molar-refractivity contribution in [3.05, 3.63) is 35.4 Å². The fourth-order valence-electron chi connectivity index (χ4n) is 3.86. The maximum atomic E-state index is 13.1. The van der Waals surface area contributed by atoms with Gasteiger partial charge in [-0.3, -0.25) is 4.79 Å². The maximum Gasteiger partial charge on any atom is 0.416 e. The molecule has 0 bridgehead atoms. The van der Waals surface area contributed by atoms with Gasteiger partial charge in [-0.05, 0) is 24.5 Å². The van der Waals surface area contributed by atoms with E-state index in [1.807, 2.05) is 0 Å². The number of rotatable bonds is 2. The van der Waals surface area contributed by atoms with Gasteiger partial charge < -0.3 is 19.6 Å². The molecule has 1 aromatic carbocycles. The van der Waals surface area contributed by atoms with Gasteiger partial charge in [0.25, 0.3) is 0 Å². The Kier molecular flexibility index (Phi) is 5.83. The molecule has 2 fully saturated rings. The van der Waals surface area contributed by atoms with Crippen LogP contribution in [-0.4, -0.2) is 65.3 Å². The standard InChI is InChI=1S/C19H23F3N2O4/c1-12(25)28-17-8-14(13-3-2-4-15(7-13)19(20,21)22)9-24(11-17)18(27)23-6-5-16(26)10-23/h2-4,7,14,16-17,26H,5-6,8-11H2,1H3. The lowest BCUT2D eigenvalue weighted by Gasteiger charge is -2.39. The van der Waals surface area contributed by atoms with E-state index in [9.17, 15) is 27.9 Å². The molecular weight excluding hydrogens is 377 g/mol. The van der Waals surface area contributed by atoms with Crippen molar-refractivity contribution in [1.82, 2.24) is 9.80 Å². The number of β-amino-alcohol motifs (C(OH)–C–C–N with tert-alkyl or cyclic N) is 1. The van der Waals surface area contributed by atoms with Crippen LogP contribution in [0, 0.1) is 0 Å². The Labute approximate surface area is 160 Å². The summed E-state index contributed by atoms with van der Waals surface area (Å²) in [5.41, 5.74) is -0.300. The van der Waals surface area contributed by atoms with E-state index in [4.69, 9.17) is 4.74 Å². The number of ether oxygens (including phenoxy) is 1. The number of halogens is 3. The number of carbonyl (C=O) groups excluding carboxylic acids is 2. The zero-order valence-electron chi connectivity index (χ0n) is 15.5. The van der Waals surface area contributed by atoms with Gasteiger partial charge in [0.05, 0.1) is 18.2 Å². The number of nitrogens with zero attached hydrogens (tertiary/aromatic N) is 2. The van der Waals surface area contributed by atoms with Crippen LogP contribution in [0.25, 0.3) is 0 Å². The van der Waals surface area contributed by atoms with E-state index in [-0.39, 0.29) is 25.7 Å². The average molecular weight is 400 g/mol. The number of carbonyl (C=O) groups is 2. The Bertz CT molecular complexity index is 740. The molecule has 2 aliphatic rings. The summed E-state index contributed by atoms with van der Waals surface area (Å²) < 4.78 is 44.5. The van der Waals surface area contributed by atoms with Crippen LogP contribution < -0.4 is 0 Å². The summed E-state index contributed by atoms with van der Waals surface area (Å²) >= 11 is 0. The summed E-state index contributed by atoms with van der Waals surface area (Å²) in [7, 11) is 0. The third-order valence-corrected chi connectivity index (χ3v) is 5.13. The number of urea groups is 1. The minimum Gasteiger partial charge on any atom is -0.461 e. The highest BCUT2D eigenvalue weighted by Gasteiger charge is 2.37. The summed E-state index contributed by atoms with van der Waals surface area (Å²) in [6.07, 6.45) is -4.79. The first-order valence-electron chi connectivity index (χ1n) is 9.19. The lowest BCUT2D eigenvalue weighted by molar-refractivity contribution is -0.148. The second-order valence-corrected chi connectivity index (χ2v) is 7.36. The van der Waals surface area contributed by atoms with Gasteiger partial charge in [0, 0.05) is 32.5 Å². The number of likely N-dealkylation sites (tertiary alicyclic amines) is 2. The normalized spacial score (nSPS) is 25.7. The molecule has 3 atom stereocenters. The molecule has 1 N–H and O–H groups in total. The van der Waals surface area contributed by atoms with Crippen molar-refractivity contribution >= 4 is 12.0 Å². The fraction of sp³-hybridized carbons (Fsp3) is 0.579. The number of hydrogen-bond acceptors (Lipinski definition) is 4. The number of benzene rings is 1. The number of hydrogen-bond donors (Lipinski definition) is 1. The van der Waals surface area contributed by atoms with E-state index in [0.29, 0.717) is 24.9 Å². The Balaban J connectivity index is 1.82. The van der Waals surface area contributed by atoms with E-state index in [1.165, 1.54) is 22.8 Å². The molecule has 9 heteroatoms. The zero-order valence-corrected chi connectivity index (χ0v) is 15.5. The average Bonchev–Trinajstić information content (AvgIpc) is 3.06. The summed E-state index contributed by atoms with van der Waals surface area (Å²) in [6, 6.07) is 4.73. The van der Waals surface area contributed by atoms with Crippen molar-refractivity contribution in [3.8, 4) is 0 Å². The molecular formula is C19H23F3N2O4. The first kappa shape index (κ1) is 20.4.